The van der Waals surface area contributed by atoms with Crippen molar-refractivity contribution < 1.29 is 14.6 Å². The lowest BCUT2D eigenvalue weighted by Gasteiger charge is -2.26. The van der Waals surface area contributed by atoms with Crippen molar-refractivity contribution in [2.45, 2.75) is 25.0 Å². The Kier molecular flexibility index (Phi) is 3.57. The highest BCUT2D eigenvalue weighted by atomic mass is 16.5. The molecule has 2 heterocycles. The summed E-state index contributed by atoms with van der Waals surface area (Å²) in [5, 5.41) is 13.2. The SMILES string of the molecule is CC1OCCC1(O)CNC(=O)c1cccc2nccnc12. The molecule has 1 aliphatic heterocycles. The summed E-state index contributed by atoms with van der Waals surface area (Å²) in [6, 6.07) is 5.27. The normalized spacial score (nSPS) is 25.1. The second kappa shape index (κ2) is 5.38. The van der Waals surface area contributed by atoms with Crippen molar-refractivity contribution in [2.24, 2.45) is 0 Å². The number of hydrogen-bond donors (Lipinski definition) is 2. The highest BCUT2D eigenvalue weighted by Gasteiger charge is 2.39. The molecule has 6 heteroatoms. The third kappa shape index (κ3) is 2.59. The maximum Gasteiger partial charge on any atom is 0.253 e. The molecule has 1 aromatic carbocycles. The Labute approximate surface area is 122 Å². The van der Waals surface area contributed by atoms with Crippen molar-refractivity contribution in [3.05, 3.63) is 36.2 Å². The number of hydrogen-bond acceptors (Lipinski definition) is 5. The molecule has 2 unspecified atom stereocenters. The van der Waals surface area contributed by atoms with Gasteiger partial charge in [-0.1, -0.05) is 6.07 Å². The van der Waals surface area contributed by atoms with Crippen molar-refractivity contribution in [2.75, 3.05) is 13.2 Å². The molecular weight excluding hydrogens is 270 g/mol. The number of para-hydroxylation sites is 1. The quantitative estimate of drug-likeness (QED) is 0.876. The standard InChI is InChI=1S/C15H17N3O3/c1-10-15(20,5-8-21-10)9-18-14(19)11-3-2-4-12-13(11)17-7-6-16-12/h2-4,6-7,10,20H,5,8-9H2,1H3,(H,18,19). The smallest absolute Gasteiger partial charge is 0.253 e. The molecule has 0 bridgehead atoms. The van der Waals surface area contributed by atoms with Crippen LogP contribution in [0.2, 0.25) is 0 Å². The topological polar surface area (TPSA) is 84.3 Å². The molecule has 0 spiro atoms. The van der Waals surface area contributed by atoms with E-state index in [4.69, 9.17) is 4.74 Å². The van der Waals surface area contributed by atoms with Crippen LogP contribution in [-0.4, -0.2) is 45.8 Å². The zero-order chi connectivity index (χ0) is 14.9. The molecule has 1 aliphatic rings. The predicted octanol–water partition coefficient (Wildman–Crippen LogP) is 0.899. The number of benzene rings is 1. The van der Waals surface area contributed by atoms with Gasteiger partial charge in [-0.25, -0.2) is 0 Å². The van der Waals surface area contributed by atoms with Crippen LogP contribution in [0.25, 0.3) is 11.0 Å². The van der Waals surface area contributed by atoms with E-state index in [1.807, 2.05) is 6.92 Å². The maximum absolute atomic E-state index is 12.3. The number of fused-ring (bicyclic) bond motifs is 1. The van der Waals surface area contributed by atoms with Crippen LogP contribution in [0.3, 0.4) is 0 Å². The van der Waals surface area contributed by atoms with Crippen LogP contribution in [0, 0.1) is 0 Å². The lowest BCUT2D eigenvalue weighted by atomic mass is 9.96. The Morgan fingerprint density at radius 1 is 1.48 bits per heavy atom. The number of amides is 1. The summed E-state index contributed by atoms with van der Waals surface area (Å²) in [7, 11) is 0. The lowest BCUT2D eigenvalue weighted by Crippen LogP contribution is -2.47. The molecule has 1 saturated heterocycles. The minimum absolute atomic E-state index is 0.156. The average Bonchev–Trinajstić information content (AvgIpc) is 2.84. The molecule has 0 radical (unpaired) electrons. The van der Waals surface area contributed by atoms with E-state index in [2.05, 4.69) is 15.3 Å². The summed E-state index contributed by atoms with van der Waals surface area (Å²) in [5.41, 5.74) is 0.670. The number of carbonyl (C=O) groups excluding carboxylic acids is 1. The molecule has 6 nitrogen and oxygen atoms in total. The molecule has 0 aliphatic carbocycles. The lowest BCUT2D eigenvalue weighted by molar-refractivity contribution is -0.0251. The molecule has 21 heavy (non-hydrogen) atoms. The van der Waals surface area contributed by atoms with Crippen molar-refractivity contribution in [1.82, 2.24) is 15.3 Å². The second-order valence-electron chi connectivity index (χ2n) is 5.28. The molecule has 1 fully saturated rings. The molecule has 2 N–H and O–H groups in total. The maximum atomic E-state index is 12.3. The first-order valence-corrected chi connectivity index (χ1v) is 6.92. The molecule has 2 atom stereocenters. The van der Waals surface area contributed by atoms with Crippen LogP contribution in [0.1, 0.15) is 23.7 Å². The van der Waals surface area contributed by atoms with Gasteiger partial charge in [0.25, 0.3) is 5.91 Å². The van der Waals surface area contributed by atoms with Crippen LogP contribution in [-0.2, 0) is 4.74 Å². The van der Waals surface area contributed by atoms with E-state index in [1.54, 1.807) is 30.6 Å². The fourth-order valence-corrected chi connectivity index (χ4v) is 2.51. The van der Waals surface area contributed by atoms with E-state index in [9.17, 15) is 9.90 Å². The first kappa shape index (κ1) is 13.9. The summed E-state index contributed by atoms with van der Waals surface area (Å²) in [4.78, 5) is 20.7. The Morgan fingerprint density at radius 2 is 2.29 bits per heavy atom. The van der Waals surface area contributed by atoms with Crippen LogP contribution >= 0.6 is 0 Å². The van der Waals surface area contributed by atoms with Crippen LogP contribution in [0.4, 0.5) is 0 Å². The number of rotatable bonds is 3. The van der Waals surface area contributed by atoms with E-state index < -0.39 is 5.60 Å². The van der Waals surface area contributed by atoms with Gasteiger partial charge in [0.2, 0.25) is 0 Å². The van der Waals surface area contributed by atoms with Gasteiger partial charge in [0.15, 0.2) is 0 Å². The summed E-state index contributed by atoms with van der Waals surface area (Å²) >= 11 is 0. The van der Waals surface area contributed by atoms with Gasteiger partial charge in [-0.3, -0.25) is 14.8 Å². The minimum Gasteiger partial charge on any atom is -0.385 e. The zero-order valence-electron chi connectivity index (χ0n) is 11.7. The average molecular weight is 287 g/mol. The van der Waals surface area contributed by atoms with Crippen molar-refractivity contribution in [3.8, 4) is 0 Å². The summed E-state index contributed by atoms with van der Waals surface area (Å²) < 4.78 is 5.35. The van der Waals surface area contributed by atoms with Gasteiger partial charge in [0, 0.05) is 32.0 Å². The summed E-state index contributed by atoms with van der Waals surface area (Å²) in [5.74, 6) is -0.270. The van der Waals surface area contributed by atoms with Gasteiger partial charge < -0.3 is 15.2 Å². The molecule has 0 saturated carbocycles. The Morgan fingerprint density at radius 3 is 3.05 bits per heavy atom. The second-order valence-corrected chi connectivity index (χ2v) is 5.28. The summed E-state index contributed by atoms with van der Waals surface area (Å²) in [6.07, 6.45) is 3.37. The highest BCUT2D eigenvalue weighted by molar-refractivity contribution is 6.04. The summed E-state index contributed by atoms with van der Waals surface area (Å²) in [6.45, 7) is 2.47. The highest BCUT2D eigenvalue weighted by Crippen LogP contribution is 2.25. The first-order valence-electron chi connectivity index (χ1n) is 6.92. The number of ether oxygens (including phenoxy) is 1. The number of aromatic nitrogens is 2. The van der Waals surface area contributed by atoms with Gasteiger partial charge in [0.1, 0.15) is 11.1 Å². The number of aliphatic hydroxyl groups is 1. The number of nitrogens with one attached hydrogen (secondary N) is 1. The molecule has 3 rings (SSSR count). The van der Waals surface area contributed by atoms with Crippen LogP contribution in [0.5, 0.6) is 0 Å². The van der Waals surface area contributed by atoms with Crippen LogP contribution < -0.4 is 5.32 Å². The van der Waals surface area contributed by atoms with Gasteiger partial charge >= 0.3 is 0 Å². The third-order valence-electron chi connectivity index (χ3n) is 3.96. The molecule has 110 valence electrons. The molecule has 1 aromatic heterocycles. The van der Waals surface area contributed by atoms with Gasteiger partial charge in [-0.2, -0.15) is 0 Å². The Bertz CT molecular complexity index is 671. The molecular formula is C15H17N3O3. The largest absolute Gasteiger partial charge is 0.385 e. The minimum atomic E-state index is -1.01. The Hall–Kier alpha value is -2.05. The van der Waals surface area contributed by atoms with E-state index in [1.165, 1.54) is 0 Å². The van der Waals surface area contributed by atoms with Crippen LogP contribution in [0.15, 0.2) is 30.6 Å². The van der Waals surface area contributed by atoms with Gasteiger partial charge in [-0.15, -0.1) is 0 Å². The third-order valence-corrected chi connectivity index (χ3v) is 3.96. The number of carbonyl (C=O) groups is 1. The van der Waals surface area contributed by atoms with Gasteiger partial charge in [-0.05, 0) is 19.1 Å². The molecule has 2 aromatic rings. The Balaban J connectivity index is 1.79. The molecule has 1 amide bonds. The van der Waals surface area contributed by atoms with E-state index in [0.29, 0.717) is 29.6 Å². The van der Waals surface area contributed by atoms with E-state index in [-0.39, 0.29) is 18.6 Å². The zero-order valence-corrected chi connectivity index (χ0v) is 11.7. The van der Waals surface area contributed by atoms with Crippen molar-refractivity contribution in [1.29, 1.82) is 0 Å². The van der Waals surface area contributed by atoms with Gasteiger partial charge in [0.05, 0.1) is 17.2 Å². The van der Waals surface area contributed by atoms with E-state index >= 15 is 0 Å². The fourth-order valence-electron chi connectivity index (χ4n) is 2.51. The number of nitrogens with zero attached hydrogens (tertiary/aromatic N) is 2. The monoisotopic (exact) mass is 287 g/mol. The first-order chi connectivity index (χ1) is 10.1. The van der Waals surface area contributed by atoms with Crippen molar-refractivity contribution in [3.63, 3.8) is 0 Å². The van der Waals surface area contributed by atoms with Crippen molar-refractivity contribution >= 4 is 16.9 Å². The van der Waals surface area contributed by atoms with E-state index in [0.717, 1.165) is 0 Å². The fraction of sp³-hybridized carbons (Fsp3) is 0.400. The predicted molar refractivity (Wildman–Crippen MR) is 76.9 cm³/mol.